The summed E-state index contributed by atoms with van der Waals surface area (Å²) in [4.78, 5) is 8.80. The van der Waals surface area contributed by atoms with Gasteiger partial charge in [0.05, 0.1) is 0 Å². The Labute approximate surface area is 151 Å². The highest BCUT2D eigenvalue weighted by Gasteiger charge is 2.18. The van der Waals surface area contributed by atoms with Crippen LogP contribution < -0.4 is 5.49 Å². The summed E-state index contributed by atoms with van der Waals surface area (Å²) in [5.74, 6) is 0.407. The van der Waals surface area contributed by atoms with Crippen LogP contribution in [0.15, 0.2) is 76.9 Å². The van der Waals surface area contributed by atoms with Gasteiger partial charge >= 0.3 is 7.40 Å². The summed E-state index contributed by atoms with van der Waals surface area (Å²) in [5.41, 5.74) is 1.92. The average Bonchev–Trinajstić information content (AvgIpc) is 2.66. The van der Waals surface area contributed by atoms with Gasteiger partial charge in [-0.3, -0.25) is 13.6 Å². The van der Waals surface area contributed by atoms with Crippen molar-refractivity contribution in [2.24, 2.45) is 9.98 Å². The molecule has 0 aliphatic carbocycles. The van der Waals surface area contributed by atoms with Crippen LogP contribution in [-0.4, -0.2) is 24.8 Å². The number of allylic oxidation sites excluding steroid dienone is 1. The Kier molecular flexibility index (Phi) is 5.41. The molecule has 3 aromatic rings. The van der Waals surface area contributed by atoms with E-state index in [2.05, 4.69) is 9.98 Å². The quantitative estimate of drug-likeness (QED) is 0.381. The predicted molar refractivity (Wildman–Crippen MR) is 104 cm³/mol. The lowest BCUT2D eigenvalue weighted by atomic mass is 10.1. The van der Waals surface area contributed by atoms with E-state index in [0.29, 0.717) is 11.2 Å². The van der Waals surface area contributed by atoms with Crippen LogP contribution >= 0.6 is 0 Å². The molecule has 6 heteroatoms. The molecular formula is C20H18BF2N3. The number of halogens is 2. The van der Waals surface area contributed by atoms with Gasteiger partial charge in [-0.1, -0.05) is 60.7 Å². The van der Waals surface area contributed by atoms with E-state index in [0.717, 1.165) is 21.0 Å². The Bertz CT molecular complexity index is 1050. The van der Waals surface area contributed by atoms with Crippen molar-refractivity contribution in [1.82, 2.24) is 4.48 Å². The van der Waals surface area contributed by atoms with Gasteiger partial charge in [0.1, 0.15) is 5.49 Å². The predicted octanol–water partition coefficient (Wildman–Crippen LogP) is 4.42. The van der Waals surface area contributed by atoms with E-state index < -0.39 is 7.40 Å². The number of rotatable bonds is 3. The summed E-state index contributed by atoms with van der Waals surface area (Å²) < 4.78 is 28.0. The summed E-state index contributed by atoms with van der Waals surface area (Å²) in [7, 11) is -1.08. The largest absolute Gasteiger partial charge is 0.678 e. The zero-order valence-corrected chi connectivity index (χ0v) is 14.6. The third-order valence-corrected chi connectivity index (χ3v) is 4.04. The fourth-order valence-corrected chi connectivity index (χ4v) is 2.85. The molecule has 3 rings (SSSR count). The highest BCUT2D eigenvalue weighted by Crippen LogP contribution is 2.14. The summed E-state index contributed by atoms with van der Waals surface area (Å²) in [6, 6.07) is 16.6. The number of hydrogen-bond donors (Lipinski definition) is 0. The molecule has 0 N–H and O–H groups in total. The number of aromatic nitrogens is 1. The van der Waals surface area contributed by atoms with Crippen molar-refractivity contribution in [3.8, 4) is 0 Å². The monoisotopic (exact) mass is 349 g/mol. The van der Waals surface area contributed by atoms with Crippen molar-refractivity contribution in [3.63, 3.8) is 0 Å². The molecule has 0 unspecified atom stereocenters. The van der Waals surface area contributed by atoms with Crippen LogP contribution in [0.2, 0.25) is 0 Å². The van der Waals surface area contributed by atoms with Crippen molar-refractivity contribution in [2.75, 3.05) is 7.05 Å². The first-order chi connectivity index (χ1) is 12.7. The van der Waals surface area contributed by atoms with Crippen LogP contribution in [0.4, 0.5) is 8.63 Å². The smallest absolute Gasteiger partial charge is 0.316 e. The molecule has 0 saturated carbocycles. The molecule has 0 amide bonds. The molecule has 0 saturated heterocycles. The van der Waals surface area contributed by atoms with Crippen molar-refractivity contribution in [2.45, 2.75) is 6.92 Å². The molecule has 0 spiro atoms. The highest BCUT2D eigenvalue weighted by atomic mass is 19.2. The number of fused-ring (bicyclic) bond motifs is 1. The van der Waals surface area contributed by atoms with E-state index in [1.807, 2.05) is 61.5 Å². The van der Waals surface area contributed by atoms with Crippen LogP contribution in [0.25, 0.3) is 16.8 Å². The summed E-state index contributed by atoms with van der Waals surface area (Å²) >= 11 is 0. The molecule has 1 aromatic heterocycles. The summed E-state index contributed by atoms with van der Waals surface area (Å²) in [6.45, 7) is 1.92. The zero-order valence-electron chi connectivity index (χ0n) is 14.6. The minimum absolute atomic E-state index is 0.189. The van der Waals surface area contributed by atoms with Crippen molar-refractivity contribution in [1.29, 1.82) is 0 Å². The lowest BCUT2D eigenvalue weighted by Crippen LogP contribution is -2.30. The Morgan fingerprint density at radius 2 is 1.77 bits per heavy atom. The summed E-state index contributed by atoms with van der Waals surface area (Å²) in [6.07, 6.45) is 5.22. The Hall–Kier alpha value is -3.02. The second kappa shape index (κ2) is 7.91. The standard InChI is InChI=1S/C20H18BF2N3/c1-3-8-15-9-4-6-11-17(15)19(24-2)25-20-18-12-7-5-10-16(18)13-14-26(20)21(22)23/h3-14H,1-2H3/b8-3-,24-19?,25-20?. The molecule has 3 nitrogen and oxygen atoms in total. The van der Waals surface area contributed by atoms with Crippen molar-refractivity contribution in [3.05, 3.63) is 83.5 Å². The Morgan fingerprint density at radius 1 is 1.04 bits per heavy atom. The second-order valence-electron chi connectivity index (χ2n) is 5.66. The van der Waals surface area contributed by atoms with Crippen LogP contribution in [0, 0.1) is 0 Å². The first-order valence-corrected chi connectivity index (χ1v) is 8.27. The molecule has 1 heterocycles. The lowest BCUT2D eigenvalue weighted by Gasteiger charge is -2.09. The maximum Gasteiger partial charge on any atom is 0.678 e. The molecular weight excluding hydrogens is 331 g/mol. The van der Waals surface area contributed by atoms with E-state index in [4.69, 9.17) is 0 Å². The van der Waals surface area contributed by atoms with Gasteiger partial charge in [-0.05, 0) is 30.1 Å². The van der Waals surface area contributed by atoms with Crippen LogP contribution in [0.5, 0.6) is 0 Å². The van der Waals surface area contributed by atoms with E-state index in [1.54, 1.807) is 19.2 Å². The zero-order chi connectivity index (χ0) is 18.5. The van der Waals surface area contributed by atoms with Gasteiger partial charge in [-0.15, -0.1) is 0 Å². The molecule has 2 aromatic carbocycles. The van der Waals surface area contributed by atoms with E-state index >= 15 is 0 Å². The first-order valence-electron chi connectivity index (χ1n) is 8.27. The van der Waals surface area contributed by atoms with E-state index in [-0.39, 0.29) is 5.49 Å². The number of pyridine rings is 1. The third kappa shape index (κ3) is 3.49. The van der Waals surface area contributed by atoms with Gasteiger partial charge in [0.25, 0.3) is 0 Å². The minimum atomic E-state index is -2.69. The number of hydrogen-bond acceptors (Lipinski definition) is 1. The molecule has 0 atom stereocenters. The number of benzene rings is 2. The van der Waals surface area contributed by atoms with Crippen LogP contribution in [-0.2, 0) is 0 Å². The third-order valence-electron chi connectivity index (χ3n) is 4.04. The van der Waals surface area contributed by atoms with Crippen molar-refractivity contribution >= 4 is 30.1 Å². The fourth-order valence-electron chi connectivity index (χ4n) is 2.85. The van der Waals surface area contributed by atoms with Gasteiger partial charge in [0.2, 0.25) is 0 Å². The van der Waals surface area contributed by atoms with Gasteiger partial charge < -0.3 is 4.48 Å². The number of amidine groups is 1. The number of nitrogens with zero attached hydrogens (tertiary/aromatic N) is 3. The normalized spacial score (nSPS) is 12.9. The van der Waals surface area contributed by atoms with E-state index in [1.165, 1.54) is 6.20 Å². The summed E-state index contributed by atoms with van der Waals surface area (Å²) in [5, 5.41) is 1.50. The Morgan fingerprint density at radius 3 is 2.50 bits per heavy atom. The lowest BCUT2D eigenvalue weighted by molar-refractivity contribution is 0.622. The van der Waals surface area contributed by atoms with Gasteiger partial charge in [-0.2, -0.15) is 0 Å². The fraction of sp³-hybridized carbons (Fsp3) is 0.100. The van der Waals surface area contributed by atoms with E-state index in [9.17, 15) is 8.63 Å². The van der Waals surface area contributed by atoms with Gasteiger partial charge in [0.15, 0.2) is 5.84 Å². The van der Waals surface area contributed by atoms with Gasteiger partial charge in [0, 0.05) is 18.0 Å². The highest BCUT2D eigenvalue weighted by molar-refractivity contribution is 6.40. The maximum atomic E-state index is 13.6. The molecule has 0 aliphatic heterocycles. The molecule has 26 heavy (non-hydrogen) atoms. The van der Waals surface area contributed by atoms with Crippen molar-refractivity contribution < 1.29 is 8.63 Å². The topological polar surface area (TPSA) is 29.6 Å². The average molecular weight is 349 g/mol. The SMILES string of the molecule is C/C=C\c1ccccc1C(=NC)N=c1c2ccccc2ccn1B(F)F. The first kappa shape index (κ1) is 17.8. The van der Waals surface area contributed by atoms with Gasteiger partial charge in [-0.25, -0.2) is 4.99 Å². The maximum absolute atomic E-state index is 13.6. The second-order valence-corrected chi connectivity index (χ2v) is 5.66. The molecule has 130 valence electrons. The molecule has 0 fully saturated rings. The molecule has 0 bridgehead atoms. The minimum Gasteiger partial charge on any atom is -0.316 e. The molecule has 0 radical (unpaired) electrons. The van der Waals surface area contributed by atoms with Crippen LogP contribution in [0.3, 0.4) is 0 Å². The Balaban J connectivity index is 2.31. The van der Waals surface area contributed by atoms with Crippen LogP contribution in [0.1, 0.15) is 18.1 Å². The molecule has 0 aliphatic rings. The number of aliphatic imine (C=N–C) groups is 1.